The van der Waals surface area contributed by atoms with Gasteiger partial charge in [0.25, 0.3) is 0 Å². The second kappa shape index (κ2) is 4.40. The predicted octanol–water partition coefficient (Wildman–Crippen LogP) is 1.53. The van der Waals surface area contributed by atoms with Gasteiger partial charge in [0.2, 0.25) is 0 Å². The van der Waals surface area contributed by atoms with Gasteiger partial charge in [0.05, 0.1) is 11.2 Å². The number of pyridine rings is 1. The Bertz CT molecular complexity index is 681. The van der Waals surface area contributed by atoms with Gasteiger partial charge in [-0.1, -0.05) is 11.2 Å². The van der Waals surface area contributed by atoms with Crippen LogP contribution in [0.1, 0.15) is 0 Å². The molecule has 5 nitrogen and oxygen atoms in total. The molecule has 3 rings (SSSR count). The molecule has 0 amide bonds. The zero-order valence-electron chi connectivity index (χ0n) is 9.65. The van der Waals surface area contributed by atoms with Crippen LogP contribution in [0.3, 0.4) is 0 Å². The van der Waals surface area contributed by atoms with Crippen molar-refractivity contribution in [2.24, 2.45) is 0 Å². The maximum atomic E-state index is 11.5. The first-order valence-electron chi connectivity index (χ1n) is 5.36. The summed E-state index contributed by atoms with van der Waals surface area (Å²) in [5.41, 5.74) is 2.29. The summed E-state index contributed by atoms with van der Waals surface area (Å²) in [6.45, 7) is 0. The van der Waals surface area contributed by atoms with Gasteiger partial charge in [-0.15, -0.1) is 0 Å². The lowest BCUT2D eigenvalue weighted by Crippen LogP contribution is -2.09. The minimum absolute atomic E-state index is 0.305. The Morgan fingerprint density at radius 2 is 2.11 bits per heavy atom. The summed E-state index contributed by atoms with van der Waals surface area (Å²) >= 11 is -1.22. The molecule has 0 radical (unpaired) electrons. The molecule has 3 aromatic heterocycles. The van der Waals surface area contributed by atoms with E-state index in [1.165, 1.54) is 0 Å². The molecule has 0 aliphatic rings. The number of rotatable bonds is 2. The van der Waals surface area contributed by atoms with Crippen LogP contribution in [0, 0.1) is 0 Å². The van der Waals surface area contributed by atoms with Gasteiger partial charge in [-0.05, 0) is 24.3 Å². The molecule has 3 aromatic rings. The topological polar surface area (TPSA) is 66.1 Å². The Morgan fingerprint density at radius 3 is 2.83 bits per heavy atom. The van der Waals surface area contributed by atoms with Gasteiger partial charge in [0, 0.05) is 23.6 Å². The van der Waals surface area contributed by atoms with Gasteiger partial charge in [-0.3, -0.25) is 4.98 Å². The van der Waals surface area contributed by atoms with E-state index in [9.17, 15) is 4.55 Å². The third-order valence-corrected chi connectivity index (χ3v) is 3.22. The fourth-order valence-corrected chi connectivity index (χ4v) is 2.15. The van der Waals surface area contributed by atoms with E-state index in [1.54, 1.807) is 23.2 Å². The first kappa shape index (κ1) is 11.2. The van der Waals surface area contributed by atoms with Crippen molar-refractivity contribution in [1.29, 1.82) is 0 Å². The van der Waals surface area contributed by atoms with E-state index in [0.29, 0.717) is 10.9 Å². The minimum atomic E-state index is -1.22. The lowest BCUT2D eigenvalue weighted by molar-refractivity contribution is 0.587. The monoisotopic (exact) mass is 258 g/mol. The van der Waals surface area contributed by atoms with Gasteiger partial charge in [-0.25, -0.2) is 4.52 Å². The highest BCUT2D eigenvalue weighted by molar-refractivity contribution is 7.90. The number of hydrogen-bond acceptors (Lipinski definition) is 4. The van der Waals surface area contributed by atoms with Gasteiger partial charge < -0.3 is 4.55 Å². The van der Waals surface area contributed by atoms with Crippen LogP contribution in [-0.4, -0.2) is 30.4 Å². The summed E-state index contributed by atoms with van der Waals surface area (Å²) in [7, 11) is 0. The van der Waals surface area contributed by atoms with Crippen molar-refractivity contribution in [3.05, 3.63) is 42.7 Å². The van der Waals surface area contributed by atoms with Crippen molar-refractivity contribution < 1.29 is 4.55 Å². The maximum Gasteiger partial charge on any atom is 0.360 e. The third-order valence-electron chi connectivity index (χ3n) is 2.54. The molecule has 0 aromatic carbocycles. The highest BCUT2D eigenvalue weighted by Crippen LogP contribution is 2.21. The molecule has 0 aliphatic carbocycles. The minimum Gasteiger partial charge on any atom is -0.609 e. The lowest BCUT2D eigenvalue weighted by Gasteiger charge is -2.06. The molecule has 1 unspecified atom stereocenters. The Labute approximate surface area is 107 Å². The Morgan fingerprint density at radius 1 is 1.22 bits per heavy atom. The Kier molecular flexibility index (Phi) is 2.73. The predicted molar refractivity (Wildman–Crippen MR) is 68.6 cm³/mol. The largest absolute Gasteiger partial charge is 0.609 e. The zero-order chi connectivity index (χ0) is 12.5. The van der Waals surface area contributed by atoms with Gasteiger partial charge in [0.15, 0.2) is 0 Å². The molecule has 0 spiro atoms. The van der Waals surface area contributed by atoms with Crippen LogP contribution in [0.2, 0.25) is 0 Å². The fraction of sp³-hybridized carbons (Fsp3) is 0.0833. The van der Waals surface area contributed by atoms with E-state index < -0.39 is 11.2 Å². The van der Waals surface area contributed by atoms with E-state index >= 15 is 0 Å². The van der Waals surface area contributed by atoms with E-state index in [1.807, 2.05) is 30.3 Å². The van der Waals surface area contributed by atoms with E-state index in [0.717, 1.165) is 11.2 Å². The Balaban J connectivity index is 2.29. The van der Waals surface area contributed by atoms with E-state index in [4.69, 9.17) is 0 Å². The van der Waals surface area contributed by atoms with Crippen molar-refractivity contribution in [3.8, 4) is 11.4 Å². The van der Waals surface area contributed by atoms with Crippen molar-refractivity contribution in [3.63, 3.8) is 0 Å². The molecule has 18 heavy (non-hydrogen) atoms. The van der Waals surface area contributed by atoms with Gasteiger partial charge in [-0.2, -0.15) is 4.98 Å². The molecule has 0 aliphatic heterocycles. The van der Waals surface area contributed by atoms with Crippen molar-refractivity contribution in [2.45, 2.75) is 5.16 Å². The maximum absolute atomic E-state index is 11.5. The number of nitrogens with zero attached hydrogens (tertiary/aromatic N) is 4. The summed E-state index contributed by atoms with van der Waals surface area (Å²) in [5.74, 6) is 0. The molecule has 0 saturated heterocycles. The first-order chi connectivity index (χ1) is 8.75. The second-order valence-corrected chi connectivity index (χ2v) is 5.02. The van der Waals surface area contributed by atoms with Crippen LogP contribution >= 0.6 is 0 Å². The number of fused-ring (bicyclic) bond motifs is 1. The van der Waals surface area contributed by atoms with Crippen LogP contribution in [-0.2, 0) is 11.2 Å². The smallest absolute Gasteiger partial charge is 0.360 e. The molecule has 3 heterocycles. The Hall–Kier alpha value is -1.92. The fourth-order valence-electron chi connectivity index (χ4n) is 1.73. The highest BCUT2D eigenvalue weighted by atomic mass is 32.2. The van der Waals surface area contributed by atoms with Crippen molar-refractivity contribution >= 4 is 16.7 Å². The third kappa shape index (κ3) is 1.85. The van der Waals surface area contributed by atoms with Crippen molar-refractivity contribution in [1.82, 2.24) is 19.6 Å². The van der Waals surface area contributed by atoms with Crippen molar-refractivity contribution in [2.75, 3.05) is 6.26 Å². The molecule has 6 heteroatoms. The molecule has 0 fully saturated rings. The second-order valence-electron chi connectivity index (χ2n) is 3.75. The standard InChI is InChI=1S/C12H10N4OS/c1-18(17)12-14-11(9-5-2-3-7-13-9)10-6-4-8-16(10)15-12/h2-8H,1H3. The normalized spacial score (nSPS) is 12.8. The molecule has 0 saturated carbocycles. The summed E-state index contributed by atoms with van der Waals surface area (Å²) in [6, 6.07) is 9.40. The van der Waals surface area contributed by atoms with Gasteiger partial charge in [0.1, 0.15) is 11.9 Å². The van der Waals surface area contributed by atoms with Gasteiger partial charge >= 0.3 is 5.16 Å². The highest BCUT2D eigenvalue weighted by Gasteiger charge is 2.15. The van der Waals surface area contributed by atoms with Crippen LogP contribution in [0.25, 0.3) is 16.9 Å². The zero-order valence-corrected chi connectivity index (χ0v) is 10.5. The van der Waals surface area contributed by atoms with Crippen LogP contribution < -0.4 is 0 Å². The molecular formula is C12H10N4OS. The van der Waals surface area contributed by atoms with E-state index in [2.05, 4.69) is 15.1 Å². The summed E-state index contributed by atoms with van der Waals surface area (Å²) < 4.78 is 13.2. The molecule has 0 bridgehead atoms. The average Bonchev–Trinajstić information content (AvgIpc) is 2.86. The quantitative estimate of drug-likeness (QED) is 0.654. The molecule has 90 valence electrons. The summed E-state index contributed by atoms with van der Waals surface area (Å²) in [4.78, 5) is 8.62. The SMILES string of the molecule is C[S+]([O-])c1nc(-c2ccccn2)c2cccn2n1. The lowest BCUT2D eigenvalue weighted by atomic mass is 10.2. The van der Waals surface area contributed by atoms with Crippen LogP contribution in [0.15, 0.2) is 47.9 Å². The molecule has 1 atom stereocenters. The molecule has 0 N–H and O–H groups in total. The summed E-state index contributed by atoms with van der Waals surface area (Å²) in [6.07, 6.45) is 5.08. The number of hydrogen-bond donors (Lipinski definition) is 0. The van der Waals surface area contributed by atoms with Crippen LogP contribution in [0.4, 0.5) is 0 Å². The molecular weight excluding hydrogens is 248 g/mol. The summed E-state index contributed by atoms with van der Waals surface area (Å²) in [5, 5.41) is 4.50. The van der Waals surface area contributed by atoms with E-state index in [-0.39, 0.29) is 0 Å². The number of aromatic nitrogens is 4. The van der Waals surface area contributed by atoms with Crippen LogP contribution in [0.5, 0.6) is 0 Å². The first-order valence-corrected chi connectivity index (χ1v) is 6.92. The average molecular weight is 258 g/mol.